The molecule has 0 unspecified atom stereocenters. The maximum absolute atomic E-state index is 12.8. The van der Waals surface area contributed by atoms with Crippen molar-refractivity contribution in [3.63, 3.8) is 0 Å². The molecule has 0 atom stereocenters. The summed E-state index contributed by atoms with van der Waals surface area (Å²) >= 11 is 0. The van der Waals surface area contributed by atoms with Gasteiger partial charge in [-0.15, -0.1) is 0 Å². The molecule has 2 fully saturated rings. The largest absolute Gasteiger partial charge is 0.378 e. The number of hydrogen-bond donors (Lipinski definition) is 2. The minimum Gasteiger partial charge on any atom is -0.378 e. The number of anilines is 6. The highest BCUT2D eigenvalue weighted by molar-refractivity contribution is 5.98. The molecule has 6 rings (SSSR count). The molecule has 0 radical (unpaired) electrons. The first-order valence-electron chi connectivity index (χ1n) is 13.4. The number of benzene rings is 2. The second kappa shape index (κ2) is 9.85. The van der Waals surface area contributed by atoms with Gasteiger partial charge in [-0.25, -0.2) is 4.98 Å². The van der Waals surface area contributed by atoms with Crippen molar-refractivity contribution in [2.75, 3.05) is 59.9 Å². The highest BCUT2D eigenvalue weighted by Crippen LogP contribution is 2.49. The minimum absolute atomic E-state index is 0.0164. The summed E-state index contributed by atoms with van der Waals surface area (Å²) in [6.45, 7) is 5.71. The number of aryl methyl sites for hydroxylation is 1. The van der Waals surface area contributed by atoms with Crippen LogP contribution in [0.3, 0.4) is 0 Å². The van der Waals surface area contributed by atoms with Gasteiger partial charge in [0.25, 0.3) is 0 Å². The normalized spacial score (nSPS) is 18.4. The van der Waals surface area contributed by atoms with Crippen molar-refractivity contribution in [1.29, 1.82) is 0 Å². The second-order valence-corrected chi connectivity index (χ2v) is 10.5. The summed E-state index contributed by atoms with van der Waals surface area (Å²) in [6, 6.07) is 14.3. The molecule has 10 heteroatoms. The topological polar surface area (TPSA) is 117 Å². The van der Waals surface area contributed by atoms with Gasteiger partial charge in [-0.2, -0.15) is 4.98 Å². The van der Waals surface area contributed by atoms with E-state index in [9.17, 15) is 9.59 Å². The van der Waals surface area contributed by atoms with Gasteiger partial charge in [0.15, 0.2) is 5.82 Å². The van der Waals surface area contributed by atoms with Crippen LogP contribution in [0.15, 0.2) is 48.7 Å². The summed E-state index contributed by atoms with van der Waals surface area (Å²) in [5.41, 5.74) is 10.7. The van der Waals surface area contributed by atoms with Gasteiger partial charge >= 0.3 is 0 Å². The number of carbonyl (C=O) groups is 2. The molecule has 0 bridgehead atoms. The molecule has 2 aromatic carbocycles. The number of amides is 2. The van der Waals surface area contributed by atoms with Gasteiger partial charge in [-0.05, 0) is 67.3 Å². The first-order valence-corrected chi connectivity index (χ1v) is 13.4. The van der Waals surface area contributed by atoms with Crippen LogP contribution in [0.5, 0.6) is 0 Å². The number of ether oxygens (including phenoxy) is 1. The van der Waals surface area contributed by atoms with Gasteiger partial charge in [-0.3, -0.25) is 9.59 Å². The average molecular weight is 528 g/mol. The van der Waals surface area contributed by atoms with Crippen LogP contribution in [0.25, 0.3) is 0 Å². The molecule has 3 aromatic rings. The minimum atomic E-state index is -0.530. The maximum atomic E-state index is 12.8. The van der Waals surface area contributed by atoms with Gasteiger partial charge in [0.1, 0.15) is 5.69 Å². The van der Waals surface area contributed by atoms with E-state index in [4.69, 9.17) is 15.5 Å². The van der Waals surface area contributed by atoms with E-state index in [0.717, 1.165) is 67.3 Å². The Hall–Kier alpha value is -4.18. The van der Waals surface area contributed by atoms with E-state index in [1.54, 1.807) is 18.1 Å². The highest BCUT2D eigenvalue weighted by Gasteiger charge is 2.50. The fourth-order valence-corrected chi connectivity index (χ4v) is 5.57. The Morgan fingerprint density at radius 2 is 1.77 bits per heavy atom. The van der Waals surface area contributed by atoms with Crippen LogP contribution >= 0.6 is 0 Å². The summed E-state index contributed by atoms with van der Waals surface area (Å²) < 4.78 is 5.48. The second-order valence-electron chi connectivity index (χ2n) is 10.5. The molecule has 2 aliphatic heterocycles. The molecule has 10 nitrogen and oxygen atoms in total. The fraction of sp³-hybridized carbons (Fsp3) is 0.379. The van der Waals surface area contributed by atoms with Crippen molar-refractivity contribution in [2.24, 2.45) is 5.73 Å². The van der Waals surface area contributed by atoms with E-state index in [1.807, 2.05) is 25.1 Å². The van der Waals surface area contributed by atoms with E-state index < -0.39 is 5.41 Å². The Kier molecular flexibility index (Phi) is 6.34. The van der Waals surface area contributed by atoms with Crippen LogP contribution in [-0.4, -0.2) is 61.7 Å². The van der Waals surface area contributed by atoms with E-state index in [-0.39, 0.29) is 11.8 Å². The molecule has 3 aliphatic rings. The molecule has 39 heavy (non-hydrogen) atoms. The Bertz CT molecular complexity index is 1410. The molecular formula is C29H33N7O3. The number of nitrogens with two attached hydrogens (primary N) is 1. The molecular weight excluding hydrogens is 494 g/mol. The van der Waals surface area contributed by atoms with Crippen molar-refractivity contribution >= 4 is 46.3 Å². The molecule has 202 valence electrons. The van der Waals surface area contributed by atoms with Crippen LogP contribution in [0.1, 0.15) is 30.4 Å². The van der Waals surface area contributed by atoms with E-state index in [2.05, 4.69) is 44.4 Å². The first kappa shape index (κ1) is 25.1. The number of hydrogen-bond acceptors (Lipinski definition) is 8. The SMILES string of the molecule is Cc1cc(Nc2ncc3c(n2)N(c2ccc(N4CCOCC4)cc2)CCC(=O)N3C)ccc1C1(C(N)=O)CC1. The van der Waals surface area contributed by atoms with Crippen LogP contribution in [0.4, 0.5) is 34.5 Å². The van der Waals surface area contributed by atoms with Crippen LogP contribution in [0.2, 0.25) is 0 Å². The van der Waals surface area contributed by atoms with Crippen molar-refractivity contribution in [2.45, 2.75) is 31.6 Å². The van der Waals surface area contributed by atoms with Gasteiger partial charge in [0, 0.05) is 50.2 Å². The Labute approximate surface area is 227 Å². The number of nitrogens with zero attached hydrogens (tertiary/aromatic N) is 5. The summed E-state index contributed by atoms with van der Waals surface area (Å²) in [6.07, 6.45) is 3.64. The lowest BCUT2D eigenvalue weighted by Crippen LogP contribution is -2.36. The molecule has 2 amide bonds. The lowest BCUT2D eigenvalue weighted by Gasteiger charge is -2.30. The Morgan fingerprint density at radius 1 is 1.05 bits per heavy atom. The molecule has 1 saturated heterocycles. The lowest BCUT2D eigenvalue weighted by molar-refractivity contribution is -0.120. The van der Waals surface area contributed by atoms with E-state index in [1.165, 1.54) is 0 Å². The fourth-order valence-electron chi connectivity index (χ4n) is 5.57. The molecule has 1 aliphatic carbocycles. The third kappa shape index (κ3) is 4.65. The molecule has 1 saturated carbocycles. The van der Waals surface area contributed by atoms with Gasteiger partial charge in [0.05, 0.1) is 24.8 Å². The smallest absolute Gasteiger partial charge is 0.229 e. The number of primary amides is 1. The van der Waals surface area contributed by atoms with E-state index in [0.29, 0.717) is 30.4 Å². The highest BCUT2D eigenvalue weighted by atomic mass is 16.5. The summed E-state index contributed by atoms with van der Waals surface area (Å²) in [7, 11) is 1.76. The van der Waals surface area contributed by atoms with Crippen molar-refractivity contribution < 1.29 is 14.3 Å². The van der Waals surface area contributed by atoms with Crippen molar-refractivity contribution in [3.05, 3.63) is 59.8 Å². The third-order valence-corrected chi connectivity index (χ3v) is 8.05. The van der Waals surface area contributed by atoms with Gasteiger partial charge in [-0.1, -0.05) is 6.07 Å². The molecule has 3 heterocycles. The maximum Gasteiger partial charge on any atom is 0.229 e. The quantitative estimate of drug-likeness (QED) is 0.501. The Morgan fingerprint density at radius 3 is 2.44 bits per heavy atom. The standard InChI is InChI=1S/C29H33N7O3/c1-19-17-20(3-8-23(19)29(10-11-29)27(30)38)32-28-31-18-24-26(33-28)36(12-9-25(37)34(24)2)22-6-4-21(5-7-22)35-13-15-39-16-14-35/h3-8,17-18H,9-16H2,1-2H3,(H2,30,38)(H,31,32,33). The number of morpholine rings is 1. The zero-order valence-electron chi connectivity index (χ0n) is 22.3. The number of carbonyl (C=O) groups excluding carboxylic acids is 2. The first-order chi connectivity index (χ1) is 18.9. The van der Waals surface area contributed by atoms with Crippen LogP contribution in [-0.2, 0) is 19.7 Å². The predicted octanol–water partition coefficient (Wildman–Crippen LogP) is 3.39. The van der Waals surface area contributed by atoms with E-state index >= 15 is 0 Å². The predicted molar refractivity (Wildman–Crippen MR) is 151 cm³/mol. The monoisotopic (exact) mass is 527 g/mol. The van der Waals surface area contributed by atoms with Crippen molar-refractivity contribution in [3.8, 4) is 0 Å². The van der Waals surface area contributed by atoms with Crippen LogP contribution in [0, 0.1) is 6.92 Å². The summed E-state index contributed by atoms with van der Waals surface area (Å²) in [5.74, 6) is 0.841. The Balaban J connectivity index is 1.29. The average Bonchev–Trinajstić information content (AvgIpc) is 3.77. The number of aromatic nitrogens is 2. The summed E-state index contributed by atoms with van der Waals surface area (Å²) in [4.78, 5) is 40.2. The number of fused-ring (bicyclic) bond motifs is 1. The summed E-state index contributed by atoms with van der Waals surface area (Å²) in [5, 5.41) is 3.31. The zero-order valence-corrected chi connectivity index (χ0v) is 22.3. The van der Waals surface area contributed by atoms with Crippen LogP contribution < -0.4 is 25.8 Å². The molecule has 0 spiro atoms. The number of nitrogens with one attached hydrogen (secondary N) is 1. The zero-order chi connectivity index (χ0) is 27.1. The number of rotatable bonds is 6. The van der Waals surface area contributed by atoms with Gasteiger partial charge < -0.3 is 30.5 Å². The molecule has 3 N–H and O–H groups in total. The third-order valence-electron chi connectivity index (χ3n) is 8.05. The lowest BCUT2D eigenvalue weighted by atomic mass is 9.91. The molecule has 1 aromatic heterocycles. The van der Waals surface area contributed by atoms with Gasteiger partial charge in [0.2, 0.25) is 17.8 Å². The van der Waals surface area contributed by atoms with Crippen molar-refractivity contribution in [1.82, 2.24) is 9.97 Å².